The Balaban J connectivity index is 0.000000165. The average molecular weight is 1230 g/mol. The highest BCUT2D eigenvalue weighted by Gasteiger charge is 2.37. The fraction of sp³-hybridized carbons (Fsp3) is 0.514. The molecule has 20 heteroatoms. The Kier molecular flexibility index (Phi) is 19.6. The number of carbonyl (C=O) groups excluding carboxylic acids is 1. The number of piperidine rings is 2. The first-order valence-electron chi connectivity index (χ1n) is 32.9. The minimum Gasteiger partial charge on any atom is -0.480 e. The highest BCUT2D eigenvalue weighted by molar-refractivity contribution is 6.09. The Morgan fingerprint density at radius 2 is 0.844 bits per heavy atom. The summed E-state index contributed by atoms with van der Waals surface area (Å²) < 4.78 is 34.8. The number of aromatic nitrogens is 6. The zero-order valence-electron chi connectivity index (χ0n) is 52.6. The van der Waals surface area contributed by atoms with E-state index in [2.05, 4.69) is 128 Å². The van der Waals surface area contributed by atoms with Crippen LogP contribution >= 0.6 is 0 Å². The average Bonchev–Trinajstić information content (AvgIpc) is 1.63. The summed E-state index contributed by atoms with van der Waals surface area (Å²) >= 11 is 0. The number of aryl methyl sites for hydroxylation is 2. The van der Waals surface area contributed by atoms with Crippen LogP contribution in [-0.2, 0) is 37.9 Å². The normalized spacial score (nSPS) is 22.1. The molecule has 2 aliphatic carbocycles. The Morgan fingerprint density at radius 3 is 1.24 bits per heavy atom. The second kappa shape index (κ2) is 28.6. The van der Waals surface area contributed by atoms with Crippen LogP contribution in [0.25, 0.3) is 65.9 Å². The molecule has 6 aromatic heterocycles. The van der Waals surface area contributed by atoms with Gasteiger partial charge < -0.3 is 47.7 Å². The number of likely N-dealkylation sites (tertiary alicyclic amines) is 2. The monoisotopic (exact) mass is 1220 g/mol. The molecular weight excluding hydrogens is 1140 g/mol. The lowest BCUT2D eigenvalue weighted by atomic mass is 9.91. The summed E-state index contributed by atoms with van der Waals surface area (Å²) in [6, 6.07) is 25.4. The van der Waals surface area contributed by atoms with Crippen molar-refractivity contribution in [2.75, 3.05) is 124 Å². The number of fused-ring (bicyclic) bond motifs is 6. The maximum atomic E-state index is 11.7. The molecule has 2 aromatic carbocycles. The number of carboxylic acids is 1. The van der Waals surface area contributed by atoms with Gasteiger partial charge in [0.2, 0.25) is 11.8 Å². The molecule has 4 saturated heterocycles. The van der Waals surface area contributed by atoms with E-state index in [0.717, 1.165) is 178 Å². The van der Waals surface area contributed by atoms with Gasteiger partial charge >= 0.3 is 11.9 Å². The fourth-order valence-corrected chi connectivity index (χ4v) is 14.1. The third-order valence-corrected chi connectivity index (χ3v) is 19.7. The number of carboxylic acid groups (broad SMARTS) is 1. The maximum Gasteiger partial charge on any atom is 0.320 e. The van der Waals surface area contributed by atoms with Gasteiger partial charge in [0.1, 0.15) is 12.2 Å². The molecule has 0 amide bonds. The SMILES string of the molecule is CCOC(=O)CN1CCN(CCN2CCC(OC3CC(Oc4ccc(-c5ccc6c7cnccc7n(C)c6c5)cn4)C3)CC2)CC1.Cn1c2ccncc2c2ccc(-c3ccc(OC4CC(OC5CCN(CCN6CCN(CC(=O)O)CC6)CC5)C4)nc3)cc21. The summed E-state index contributed by atoms with van der Waals surface area (Å²) in [4.78, 5) is 54.8. The summed E-state index contributed by atoms with van der Waals surface area (Å²) in [5, 5.41) is 13.7. The smallest absolute Gasteiger partial charge is 0.320 e. The van der Waals surface area contributed by atoms with Gasteiger partial charge in [0.05, 0.1) is 55.1 Å². The molecule has 0 bridgehead atoms. The first-order valence-corrected chi connectivity index (χ1v) is 32.9. The zero-order valence-corrected chi connectivity index (χ0v) is 52.6. The van der Waals surface area contributed by atoms with Crippen molar-refractivity contribution in [2.45, 2.75) is 94.9 Å². The predicted octanol–water partition coefficient (Wildman–Crippen LogP) is 8.24. The Labute approximate surface area is 527 Å². The largest absolute Gasteiger partial charge is 0.480 e. The van der Waals surface area contributed by atoms with E-state index in [-0.39, 0.29) is 36.9 Å². The molecule has 476 valence electrons. The number of hydrogen-bond donors (Lipinski definition) is 1. The van der Waals surface area contributed by atoms with E-state index in [0.29, 0.717) is 37.1 Å². The van der Waals surface area contributed by atoms with Crippen LogP contribution in [0.4, 0.5) is 0 Å². The van der Waals surface area contributed by atoms with E-state index >= 15 is 0 Å². The second-order valence-corrected chi connectivity index (χ2v) is 25.6. The van der Waals surface area contributed by atoms with Gasteiger partial charge in [-0.15, -0.1) is 0 Å². The van der Waals surface area contributed by atoms with Gasteiger partial charge in [-0.1, -0.05) is 24.3 Å². The van der Waals surface area contributed by atoms with Crippen molar-refractivity contribution < 1.29 is 38.4 Å². The van der Waals surface area contributed by atoms with Crippen LogP contribution in [-0.4, -0.2) is 237 Å². The first kappa shape index (κ1) is 61.7. The second-order valence-electron chi connectivity index (χ2n) is 25.6. The summed E-state index contributed by atoms with van der Waals surface area (Å²) in [6.45, 7) is 19.1. The van der Waals surface area contributed by atoms with Crippen molar-refractivity contribution >= 4 is 55.6 Å². The highest BCUT2D eigenvalue weighted by Crippen LogP contribution is 2.36. The lowest BCUT2D eigenvalue weighted by Gasteiger charge is -2.40. The van der Waals surface area contributed by atoms with Gasteiger partial charge in [-0.3, -0.25) is 39.2 Å². The van der Waals surface area contributed by atoms with Crippen LogP contribution < -0.4 is 9.47 Å². The number of rotatable bonds is 21. The number of hydrogen-bond acceptors (Lipinski definition) is 17. The quantitative estimate of drug-likeness (QED) is 0.0679. The summed E-state index contributed by atoms with van der Waals surface area (Å²) in [6.07, 6.45) is 21.0. The van der Waals surface area contributed by atoms with E-state index in [4.69, 9.17) is 28.8 Å². The third-order valence-electron chi connectivity index (χ3n) is 19.7. The van der Waals surface area contributed by atoms with Crippen LogP contribution in [0.5, 0.6) is 11.8 Å². The summed E-state index contributed by atoms with van der Waals surface area (Å²) in [5.41, 5.74) is 9.15. The Morgan fingerprint density at radius 1 is 0.444 bits per heavy atom. The molecule has 0 spiro atoms. The minimum atomic E-state index is -0.735. The van der Waals surface area contributed by atoms with E-state index in [1.165, 1.54) is 43.6 Å². The number of ether oxygens (including phenoxy) is 5. The van der Waals surface area contributed by atoms with Crippen LogP contribution in [0.3, 0.4) is 0 Å². The summed E-state index contributed by atoms with van der Waals surface area (Å²) in [5.74, 6) is 0.503. The number of pyridine rings is 4. The van der Waals surface area contributed by atoms with Crippen molar-refractivity contribution in [1.29, 1.82) is 0 Å². The van der Waals surface area contributed by atoms with Gasteiger partial charge in [0.25, 0.3) is 0 Å². The van der Waals surface area contributed by atoms with Crippen molar-refractivity contribution in [3.63, 3.8) is 0 Å². The van der Waals surface area contributed by atoms with Gasteiger partial charge in [-0.25, -0.2) is 9.97 Å². The molecule has 14 rings (SSSR count). The number of esters is 1. The molecule has 2 saturated carbocycles. The van der Waals surface area contributed by atoms with Crippen LogP contribution in [0.2, 0.25) is 0 Å². The van der Waals surface area contributed by atoms with Gasteiger partial charge in [-0.05, 0) is 80.1 Å². The van der Waals surface area contributed by atoms with Crippen LogP contribution in [0, 0.1) is 0 Å². The molecule has 4 aliphatic heterocycles. The molecule has 90 heavy (non-hydrogen) atoms. The lowest BCUT2D eigenvalue weighted by Crippen LogP contribution is -2.50. The molecule has 0 radical (unpaired) electrons. The number of benzene rings is 2. The number of piperazine rings is 2. The molecule has 8 aromatic rings. The minimum absolute atomic E-state index is 0.112. The summed E-state index contributed by atoms with van der Waals surface area (Å²) in [7, 11) is 4.20. The highest BCUT2D eigenvalue weighted by atomic mass is 16.5. The van der Waals surface area contributed by atoms with Crippen molar-refractivity contribution in [3.8, 4) is 34.0 Å². The number of nitrogens with zero attached hydrogens (tertiary/aromatic N) is 12. The molecule has 20 nitrogen and oxygen atoms in total. The van der Waals surface area contributed by atoms with Crippen molar-refractivity contribution in [1.82, 2.24) is 58.5 Å². The topological polar surface area (TPSA) is 181 Å². The third kappa shape index (κ3) is 14.9. The number of aliphatic carboxylic acids is 1. The molecule has 0 atom stereocenters. The van der Waals surface area contributed by atoms with E-state index in [9.17, 15) is 9.59 Å². The number of carbonyl (C=O) groups is 2. The zero-order chi connectivity index (χ0) is 61.5. The molecule has 0 unspecified atom stereocenters. The van der Waals surface area contributed by atoms with Gasteiger partial charge in [0, 0.05) is 238 Å². The lowest BCUT2D eigenvalue weighted by molar-refractivity contribution is -0.145. The van der Waals surface area contributed by atoms with Crippen molar-refractivity contribution in [3.05, 3.63) is 110 Å². The molecule has 6 fully saturated rings. The fourth-order valence-electron chi connectivity index (χ4n) is 14.1. The molecule has 1 N–H and O–H groups in total. The molecular formula is C70H88N12O8. The van der Waals surface area contributed by atoms with Gasteiger partial charge in [-0.2, -0.15) is 0 Å². The maximum absolute atomic E-state index is 11.7. The molecule has 6 aliphatic rings. The Bertz CT molecular complexity index is 3690. The van der Waals surface area contributed by atoms with E-state index in [1.807, 2.05) is 61.1 Å². The first-order chi connectivity index (χ1) is 44.0. The van der Waals surface area contributed by atoms with Crippen LogP contribution in [0.1, 0.15) is 58.3 Å². The van der Waals surface area contributed by atoms with Crippen molar-refractivity contribution in [2.24, 2.45) is 14.1 Å². The van der Waals surface area contributed by atoms with E-state index < -0.39 is 5.97 Å². The van der Waals surface area contributed by atoms with Gasteiger partial charge in [0.15, 0.2) is 0 Å². The van der Waals surface area contributed by atoms with E-state index in [1.54, 1.807) is 0 Å². The Hall–Kier alpha value is -7.14. The predicted molar refractivity (Wildman–Crippen MR) is 349 cm³/mol. The molecule has 10 heterocycles. The standard InChI is InChI=1S/C36H46N6O4.C34H42N6O4/c1-3-44-36(43)25-42-18-16-41(17-19-42)15-14-40-12-9-28(10-13-40)45-29-21-30(22-29)46-35-7-5-27(23-38-35)26-4-6-31-32-24-37-11-8-33(32)39(2)34(31)20-26;1-37-31-6-9-35-22-30(31)29-4-2-24(18-32(29)37)25-3-5-33(36-21-25)44-28-19-27(20-28)43-26-7-10-38(11-8-26)12-13-39-14-16-40(17-15-39)23-34(41)42/h4-8,11,20,23-24,28-30H,3,9-10,12-19,21-22,25H2,1-2H3;2-6,9,18,21-22,26-28H,7-8,10-17,19-20,23H2,1H3,(H,41,42). The van der Waals surface area contributed by atoms with Crippen LogP contribution in [0.15, 0.2) is 110 Å².